The van der Waals surface area contributed by atoms with Crippen LogP contribution < -0.4 is 10.9 Å². The van der Waals surface area contributed by atoms with E-state index in [1.165, 1.54) is 17.5 Å². The average Bonchev–Trinajstić information content (AvgIpc) is 2.80. The van der Waals surface area contributed by atoms with Crippen molar-refractivity contribution in [1.29, 1.82) is 0 Å². The molecule has 0 aliphatic carbocycles. The summed E-state index contributed by atoms with van der Waals surface area (Å²) in [5.41, 5.74) is 1.76. The molecule has 114 valence electrons. The molecule has 0 fully saturated rings. The number of carboxylic acid groups (broad SMARTS) is 1. The van der Waals surface area contributed by atoms with Crippen LogP contribution in [0.25, 0.3) is 10.2 Å². The molecule has 0 amide bonds. The summed E-state index contributed by atoms with van der Waals surface area (Å²) in [5, 5.41) is 10.2. The van der Waals surface area contributed by atoms with Crippen LogP contribution in [0.3, 0.4) is 0 Å². The van der Waals surface area contributed by atoms with Crippen molar-refractivity contribution >= 4 is 32.5 Å². The maximum absolute atomic E-state index is 12.2. The molecule has 0 aliphatic rings. The predicted molar refractivity (Wildman–Crippen MR) is 83.2 cm³/mol. The normalized spacial score (nSPS) is 11.8. The van der Waals surface area contributed by atoms with E-state index in [0.29, 0.717) is 16.9 Å². The first-order chi connectivity index (χ1) is 9.73. The van der Waals surface area contributed by atoms with Gasteiger partial charge in [0.2, 0.25) is 5.43 Å². The zero-order chi connectivity index (χ0) is 15.8. The molecule has 0 spiro atoms. The predicted octanol–water partition coefficient (Wildman–Crippen LogP) is 2.92. The molecule has 2 rings (SSSR count). The van der Waals surface area contributed by atoms with Crippen LogP contribution in [0.2, 0.25) is 0 Å². The fraction of sp³-hybridized carbons (Fsp3) is 0.429. The van der Waals surface area contributed by atoms with Gasteiger partial charge in [-0.15, -0.1) is 0 Å². The molecule has 0 saturated heterocycles. The maximum atomic E-state index is 12.2. The lowest BCUT2D eigenvalue weighted by molar-refractivity contribution is 0.0381. The molecule has 7 heteroatoms. The molecular formula is C14H18N2O4S. The van der Waals surface area contributed by atoms with Crippen molar-refractivity contribution < 1.29 is 14.7 Å². The lowest BCUT2D eigenvalue weighted by Crippen LogP contribution is -2.22. The standard InChI is InChI=1S/C14H18N2O4S/c1-5-16-7-9(13(18)19)11(17)8-6-10(21-12(8)16)15-20-14(2,3)4/h6-7,15H,5H2,1-4H3,(H,18,19). The summed E-state index contributed by atoms with van der Waals surface area (Å²) in [5.74, 6) is -1.21. The van der Waals surface area contributed by atoms with Gasteiger partial charge >= 0.3 is 5.97 Å². The Bertz CT molecular complexity index is 740. The number of anilines is 1. The number of aromatic nitrogens is 1. The summed E-state index contributed by atoms with van der Waals surface area (Å²) in [6.07, 6.45) is 1.39. The van der Waals surface area contributed by atoms with Crippen LogP contribution >= 0.6 is 11.3 Å². The van der Waals surface area contributed by atoms with E-state index in [1.807, 2.05) is 27.7 Å². The minimum Gasteiger partial charge on any atom is -0.477 e. The highest BCUT2D eigenvalue weighted by molar-refractivity contribution is 7.22. The number of carbonyl (C=O) groups is 1. The van der Waals surface area contributed by atoms with E-state index in [9.17, 15) is 9.59 Å². The van der Waals surface area contributed by atoms with Gasteiger partial charge in [0.25, 0.3) is 0 Å². The number of nitrogens with one attached hydrogen (secondary N) is 1. The molecule has 0 atom stereocenters. The molecule has 0 aliphatic heterocycles. The zero-order valence-electron chi connectivity index (χ0n) is 12.4. The molecule has 6 nitrogen and oxygen atoms in total. The second kappa shape index (κ2) is 5.50. The molecule has 0 saturated carbocycles. The number of hydrogen-bond donors (Lipinski definition) is 2. The molecule has 0 bridgehead atoms. The van der Waals surface area contributed by atoms with E-state index >= 15 is 0 Å². The molecule has 0 radical (unpaired) electrons. The average molecular weight is 310 g/mol. The van der Waals surface area contributed by atoms with Crippen LogP contribution in [-0.4, -0.2) is 21.2 Å². The van der Waals surface area contributed by atoms with Gasteiger partial charge in [-0.1, -0.05) is 11.3 Å². The molecule has 2 heterocycles. The Morgan fingerprint density at radius 2 is 2.14 bits per heavy atom. The van der Waals surface area contributed by atoms with Gasteiger partial charge in [-0.2, -0.15) is 0 Å². The second-order valence-electron chi connectivity index (χ2n) is 5.61. The molecule has 21 heavy (non-hydrogen) atoms. The Balaban J connectivity index is 2.53. The first-order valence-electron chi connectivity index (χ1n) is 6.57. The SMILES string of the molecule is CCn1cc(C(=O)O)c(=O)c2cc(NOC(C)(C)C)sc21. The van der Waals surface area contributed by atoms with Gasteiger partial charge in [-0.05, 0) is 33.8 Å². The van der Waals surface area contributed by atoms with E-state index in [-0.39, 0.29) is 11.2 Å². The fourth-order valence-electron chi connectivity index (χ4n) is 1.82. The number of fused-ring (bicyclic) bond motifs is 1. The summed E-state index contributed by atoms with van der Waals surface area (Å²) in [6.45, 7) is 8.19. The number of thiophene rings is 1. The highest BCUT2D eigenvalue weighted by atomic mass is 32.1. The monoisotopic (exact) mass is 310 g/mol. The summed E-state index contributed by atoms with van der Waals surface area (Å²) in [4.78, 5) is 29.5. The number of rotatable bonds is 4. The largest absolute Gasteiger partial charge is 0.477 e. The van der Waals surface area contributed by atoms with Crippen molar-refractivity contribution in [3.05, 3.63) is 28.0 Å². The van der Waals surface area contributed by atoms with E-state index in [0.717, 1.165) is 4.83 Å². The van der Waals surface area contributed by atoms with Crippen LogP contribution in [0.15, 0.2) is 17.1 Å². The molecule has 0 unspecified atom stereocenters. The maximum Gasteiger partial charge on any atom is 0.341 e. The molecule has 2 aromatic rings. The first kappa shape index (κ1) is 15.5. The lowest BCUT2D eigenvalue weighted by Gasteiger charge is -2.18. The topological polar surface area (TPSA) is 80.6 Å². The Morgan fingerprint density at radius 1 is 1.48 bits per heavy atom. The number of aryl methyl sites for hydroxylation is 1. The zero-order valence-corrected chi connectivity index (χ0v) is 13.2. The van der Waals surface area contributed by atoms with Gasteiger partial charge < -0.3 is 9.67 Å². The van der Waals surface area contributed by atoms with Crippen LogP contribution in [0.1, 0.15) is 38.1 Å². The number of aromatic carboxylic acids is 1. The number of hydrogen-bond acceptors (Lipinski definition) is 5. The first-order valence-corrected chi connectivity index (χ1v) is 7.39. The Labute approximate surface area is 125 Å². The Morgan fingerprint density at radius 3 is 2.67 bits per heavy atom. The third-order valence-electron chi connectivity index (χ3n) is 2.78. The molecule has 2 N–H and O–H groups in total. The summed E-state index contributed by atoms with van der Waals surface area (Å²) in [7, 11) is 0. The lowest BCUT2D eigenvalue weighted by atomic mass is 10.2. The van der Waals surface area contributed by atoms with Crippen molar-refractivity contribution in [3.63, 3.8) is 0 Å². The second-order valence-corrected chi connectivity index (χ2v) is 6.64. The number of pyridine rings is 1. The smallest absolute Gasteiger partial charge is 0.341 e. The van der Waals surface area contributed by atoms with Crippen LogP contribution in [0.5, 0.6) is 0 Å². The van der Waals surface area contributed by atoms with Gasteiger partial charge in [0.15, 0.2) is 0 Å². The molecule has 0 aromatic carbocycles. The Hall–Kier alpha value is -1.86. The third kappa shape index (κ3) is 3.25. The van der Waals surface area contributed by atoms with Crippen LogP contribution in [0.4, 0.5) is 5.00 Å². The van der Waals surface area contributed by atoms with Crippen LogP contribution in [-0.2, 0) is 11.4 Å². The highest BCUT2D eigenvalue weighted by Crippen LogP contribution is 2.29. The quantitative estimate of drug-likeness (QED) is 0.849. The highest BCUT2D eigenvalue weighted by Gasteiger charge is 2.17. The van der Waals surface area contributed by atoms with E-state index in [4.69, 9.17) is 9.94 Å². The summed E-state index contributed by atoms with van der Waals surface area (Å²) >= 11 is 1.36. The minimum absolute atomic E-state index is 0.217. The minimum atomic E-state index is -1.21. The molecule has 2 aromatic heterocycles. The van der Waals surface area contributed by atoms with Gasteiger partial charge in [-0.3, -0.25) is 15.1 Å². The van der Waals surface area contributed by atoms with Gasteiger partial charge in [-0.25, -0.2) is 4.79 Å². The Kier molecular flexibility index (Phi) is 4.06. The van der Waals surface area contributed by atoms with Crippen molar-refractivity contribution in [2.24, 2.45) is 0 Å². The van der Waals surface area contributed by atoms with E-state index in [1.54, 1.807) is 10.6 Å². The van der Waals surface area contributed by atoms with Gasteiger partial charge in [0.05, 0.1) is 11.0 Å². The van der Waals surface area contributed by atoms with Crippen LogP contribution in [0, 0.1) is 0 Å². The van der Waals surface area contributed by atoms with Gasteiger partial charge in [0.1, 0.15) is 15.4 Å². The van der Waals surface area contributed by atoms with Gasteiger partial charge in [0, 0.05) is 12.7 Å². The fourth-order valence-corrected chi connectivity index (χ4v) is 2.85. The van der Waals surface area contributed by atoms with Crippen molar-refractivity contribution in [3.8, 4) is 0 Å². The molecular weight excluding hydrogens is 292 g/mol. The summed E-state index contributed by atoms with van der Waals surface area (Å²) in [6, 6.07) is 1.63. The van der Waals surface area contributed by atoms with Crippen molar-refractivity contribution in [1.82, 2.24) is 4.57 Å². The summed E-state index contributed by atoms with van der Waals surface area (Å²) < 4.78 is 1.76. The number of nitrogens with zero attached hydrogens (tertiary/aromatic N) is 1. The van der Waals surface area contributed by atoms with E-state index < -0.39 is 11.4 Å². The third-order valence-corrected chi connectivity index (χ3v) is 3.85. The number of carboxylic acids is 1. The van der Waals surface area contributed by atoms with Crippen molar-refractivity contribution in [2.45, 2.75) is 39.8 Å². The van der Waals surface area contributed by atoms with Crippen molar-refractivity contribution in [2.75, 3.05) is 5.48 Å². The van der Waals surface area contributed by atoms with E-state index in [2.05, 4.69) is 5.48 Å².